The maximum Gasteiger partial charge on any atom is 0.194 e. The van der Waals surface area contributed by atoms with Crippen LogP contribution in [0.25, 0.3) is 0 Å². The van der Waals surface area contributed by atoms with E-state index in [0.29, 0.717) is 29.9 Å². The van der Waals surface area contributed by atoms with Crippen molar-refractivity contribution in [1.82, 2.24) is 0 Å². The molecule has 0 heterocycles. The second-order valence-electron chi connectivity index (χ2n) is 10.2. The fourth-order valence-corrected chi connectivity index (χ4v) is 5.97. The van der Waals surface area contributed by atoms with Crippen molar-refractivity contribution in [3.05, 3.63) is 70.0 Å². The lowest BCUT2D eigenvalue weighted by atomic mass is 9.76. The Bertz CT molecular complexity index is 878. The van der Waals surface area contributed by atoms with Gasteiger partial charge in [-0.25, -0.2) is 13.2 Å². The lowest BCUT2D eigenvalue weighted by molar-refractivity contribution is 0.302. The maximum absolute atomic E-state index is 14.1. The third-order valence-electron chi connectivity index (χ3n) is 8.01. The van der Waals surface area contributed by atoms with Gasteiger partial charge in [0, 0.05) is 0 Å². The fraction of sp³-hybridized carbons (Fsp3) is 0.586. The molecule has 3 heteroatoms. The first-order valence-corrected chi connectivity index (χ1v) is 12.8. The van der Waals surface area contributed by atoms with Gasteiger partial charge in [-0.1, -0.05) is 69.7 Å². The molecule has 1 atom stereocenters. The minimum atomic E-state index is -1.34. The maximum atomic E-state index is 14.1. The number of hydrogen-bond donors (Lipinski definition) is 0. The molecule has 0 radical (unpaired) electrons. The minimum absolute atomic E-state index is 0.240. The van der Waals surface area contributed by atoms with Crippen LogP contribution in [-0.4, -0.2) is 0 Å². The summed E-state index contributed by atoms with van der Waals surface area (Å²) in [7, 11) is 0. The van der Waals surface area contributed by atoms with E-state index < -0.39 is 17.5 Å². The minimum Gasteiger partial charge on any atom is -0.204 e. The number of unbranched alkanes of at least 4 members (excludes halogenated alkanes) is 4. The van der Waals surface area contributed by atoms with E-state index in [0.717, 1.165) is 12.3 Å². The Morgan fingerprint density at radius 2 is 1.41 bits per heavy atom. The quantitative estimate of drug-likeness (QED) is 0.283. The molecule has 0 bridgehead atoms. The molecule has 2 aromatic rings. The number of rotatable bonds is 8. The number of halogens is 3. The zero-order chi connectivity index (χ0) is 22.5. The molecule has 0 aromatic heterocycles. The van der Waals surface area contributed by atoms with Gasteiger partial charge in [-0.05, 0) is 91.0 Å². The van der Waals surface area contributed by atoms with Crippen molar-refractivity contribution in [2.45, 2.75) is 102 Å². The number of hydrogen-bond acceptors (Lipinski definition) is 0. The van der Waals surface area contributed by atoms with Gasteiger partial charge in [-0.2, -0.15) is 0 Å². The van der Waals surface area contributed by atoms with E-state index in [1.165, 1.54) is 81.4 Å². The molecule has 2 aromatic carbocycles. The van der Waals surface area contributed by atoms with Crippen LogP contribution in [0.3, 0.4) is 0 Å². The van der Waals surface area contributed by atoms with Crippen molar-refractivity contribution >= 4 is 0 Å². The lowest BCUT2D eigenvalue weighted by Gasteiger charge is -2.29. The molecule has 1 fully saturated rings. The molecule has 0 spiro atoms. The van der Waals surface area contributed by atoms with Crippen LogP contribution in [0.5, 0.6) is 0 Å². The van der Waals surface area contributed by atoms with Crippen molar-refractivity contribution in [3.8, 4) is 0 Å². The molecular weight excluding hydrogens is 405 g/mol. The van der Waals surface area contributed by atoms with Crippen molar-refractivity contribution in [2.24, 2.45) is 5.92 Å². The predicted octanol–water partition coefficient (Wildman–Crippen LogP) is 9.01. The Kier molecular flexibility index (Phi) is 7.97. The van der Waals surface area contributed by atoms with Gasteiger partial charge >= 0.3 is 0 Å². The van der Waals surface area contributed by atoms with Gasteiger partial charge in [0.05, 0.1) is 0 Å². The molecule has 0 saturated heterocycles. The Balaban J connectivity index is 1.30. The van der Waals surface area contributed by atoms with Crippen LogP contribution in [0.1, 0.15) is 112 Å². The molecule has 32 heavy (non-hydrogen) atoms. The summed E-state index contributed by atoms with van der Waals surface area (Å²) in [4.78, 5) is 0. The van der Waals surface area contributed by atoms with Gasteiger partial charge in [0.25, 0.3) is 0 Å². The van der Waals surface area contributed by atoms with Gasteiger partial charge in [0.2, 0.25) is 0 Å². The van der Waals surface area contributed by atoms with Crippen LogP contribution in [0.4, 0.5) is 13.2 Å². The predicted molar refractivity (Wildman–Crippen MR) is 126 cm³/mol. The van der Waals surface area contributed by atoms with Crippen molar-refractivity contribution in [2.75, 3.05) is 0 Å². The zero-order valence-corrected chi connectivity index (χ0v) is 19.4. The van der Waals surface area contributed by atoms with Crippen LogP contribution in [-0.2, 0) is 12.8 Å². The number of fused-ring (bicyclic) bond motifs is 1. The summed E-state index contributed by atoms with van der Waals surface area (Å²) in [6.07, 6.45) is 15.4. The SMILES string of the molecule is CCCCCCCC1CCC(c2ccc(C3CCc4c(cc(F)c(F)c4F)C3)cc2)CC1. The van der Waals surface area contributed by atoms with E-state index in [9.17, 15) is 13.2 Å². The summed E-state index contributed by atoms with van der Waals surface area (Å²) in [6.45, 7) is 2.27. The highest BCUT2D eigenvalue weighted by Gasteiger charge is 2.27. The van der Waals surface area contributed by atoms with Gasteiger partial charge < -0.3 is 0 Å². The summed E-state index contributed by atoms with van der Waals surface area (Å²) < 4.78 is 41.3. The molecule has 174 valence electrons. The third kappa shape index (κ3) is 5.41. The van der Waals surface area contributed by atoms with Crippen molar-refractivity contribution < 1.29 is 13.2 Å². The highest BCUT2D eigenvalue weighted by molar-refractivity contribution is 5.37. The second kappa shape index (κ2) is 10.9. The highest BCUT2D eigenvalue weighted by atomic mass is 19.2. The van der Waals surface area contributed by atoms with Gasteiger partial charge in [0.1, 0.15) is 0 Å². The van der Waals surface area contributed by atoms with E-state index in [4.69, 9.17) is 0 Å². The van der Waals surface area contributed by atoms with E-state index in [-0.39, 0.29) is 5.92 Å². The molecule has 0 N–H and O–H groups in total. The zero-order valence-electron chi connectivity index (χ0n) is 19.4. The molecule has 1 saturated carbocycles. The van der Waals surface area contributed by atoms with E-state index in [2.05, 4.69) is 31.2 Å². The summed E-state index contributed by atoms with van der Waals surface area (Å²) in [6, 6.07) is 10.2. The van der Waals surface area contributed by atoms with Gasteiger partial charge in [-0.15, -0.1) is 0 Å². The molecular formula is C29H37F3. The van der Waals surface area contributed by atoms with Crippen molar-refractivity contribution in [3.63, 3.8) is 0 Å². The molecule has 2 aliphatic carbocycles. The Labute approximate surface area is 191 Å². The van der Waals surface area contributed by atoms with Gasteiger partial charge in [0.15, 0.2) is 17.5 Å². The number of benzene rings is 2. The fourth-order valence-electron chi connectivity index (χ4n) is 5.97. The Morgan fingerprint density at radius 3 is 2.09 bits per heavy atom. The molecule has 0 nitrogen and oxygen atoms in total. The average molecular weight is 443 g/mol. The summed E-state index contributed by atoms with van der Waals surface area (Å²) in [5, 5.41) is 0. The van der Waals surface area contributed by atoms with Crippen LogP contribution in [0.15, 0.2) is 30.3 Å². The highest BCUT2D eigenvalue weighted by Crippen LogP contribution is 2.39. The Hall–Kier alpha value is -1.77. The first-order chi connectivity index (χ1) is 15.6. The van der Waals surface area contributed by atoms with Crippen LogP contribution >= 0.6 is 0 Å². The van der Waals surface area contributed by atoms with E-state index in [1.54, 1.807) is 0 Å². The summed E-state index contributed by atoms with van der Waals surface area (Å²) >= 11 is 0. The van der Waals surface area contributed by atoms with Gasteiger partial charge in [-0.3, -0.25) is 0 Å². The first kappa shape index (κ1) is 23.4. The molecule has 0 amide bonds. The average Bonchev–Trinajstić information content (AvgIpc) is 2.83. The second-order valence-corrected chi connectivity index (χ2v) is 10.2. The normalized spacial score (nSPS) is 23.2. The first-order valence-electron chi connectivity index (χ1n) is 12.8. The van der Waals surface area contributed by atoms with Crippen LogP contribution in [0, 0.1) is 23.4 Å². The largest absolute Gasteiger partial charge is 0.204 e. The van der Waals surface area contributed by atoms with Crippen LogP contribution < -0.4 is 0 Å². The monoisotopic (exact) mass is 442 g/mol. The molecule has 0 aliphatic heterocycles. The molecule has 2 aliphatic rings. The topological polar surface area (TPSA) is 0 Å². The summed E-state index contributed by atoms with van der Waals surface area (Å²) in [5.74, 6) is -1.58. The molecule has 1 unspecified atom stereocenters. The Morgan fingerprint density at radius 1 is 0.750 bits per heavy atom. The molecule has 4 rings (SSSR count). The van der Waals surface area contributed by atoms with E-state index >= 15 is 0 Å². The lowest BCUT2D eigenvalue weighted by Crippen LogP contribution is -2.16. The third-order valence-corrected chi connectivity index (χ3v) is 8.01. The van der Waals surface area contributed by atoms with E-state index in [1.807, 2.05) is 0 Å². The van der Waals surface area contributed by atoms with Crippen LogP contribution in [0.2, 0.25) is 0 Å². The smallest absolute Gasteiger partial charge is 0.194 e. The standard InChI is InChI=1S/C29H37F3/c1-2-3-4-5-6-7-20-8-10-21(11-9-20)22-12-14-23(15-13-22)24-16-17-26-25(18-24)19-27(30)29(32)28(26)31/h12-15,19-21,24H,2-11,16-18H2,1H3. The summed E-state index contributed by atoms with van der Waals surface area (Å²) in [5.41, 5.74) is 3.64. The van der Waals surface area contributed by atoms with Crippen molar-refractivity contribution in [1.29, 1.82) is 0 Å².